The number of ether oxygens (including phenoxy) is 1. The maximum absolute atomic E-state index is 11.1. The number of anilines is 1. The Morgan fingerprint density at radius 3 is 2.74 bits per heavy atom. The van der Waals surface area contributed by atoms with E-state index >= 15 is 0 Å². The van der Waals surface area contributed by atoms with Gasteiger partial charge in [-0.05, 0) is 19.9 Å². The van der Waals surface area contributed by atoms with Crippen LogP contribution in [-0.4, -0.2) is 53.1 Å². The van der Waals surface area contributed by atoms with Crippen molar-refractivity contribution in [2.45, 2.75) is 18.9 Å². The highest BCUT2D eigenvalue weighted by atomic mass is 16.6. The van der Waals surface area contributed by atoms with E-state index in [2.05, 4.69) is 20.2 Å². The SMILES string of the molecule is CNc1ncnc(OC2CCN(C)CC2)c1[N+](=O)[O-]. The molecule has 1 fully saturated rings. The molecule has 1 aromatic rings. The van der Waals surface area contributed by atoms with Gasteiger partial charge in [-0.3, -0.25) is 10.1 Å². The first-order valence-electron chi connectivity index (χ1n) is 6.14. The van der Waals surface area contributed by atoms with Crippen LogP contribution in [0.3, 0.4) is 0 Å². The van der Waals surface area contributed by atoms with Crippen LogP contribution in [0.1, 0.15) is 12.8 Å². The third-order valence-electron chi connectivity index (χ3n) is 3.15. The van der Waals surface area contributed by atoms with E-state index in [0.717, 1.165) is 25.9 Å². The highest BCUT2D eigenvalue weighted by Gasteiger charge is 2.27. The Labute approximate surface area is 110 Å². The van der Waals surface area contributed by atoms with Crippen LogP contribution < -0.4 is 10.1 Å². The van der Waals surface area contributed by atoms with E-state index < -0.39 is 4.92 Å². The number of rotatable bonds is 4. The maximum atomic E-state index is 11.1. The Hall–Kier alpha value is -1.96. The molecule has 0 spiro atoms. The molecule has 1 aromatic heterocycles. The fourth-order valence-corrected chi connectivity index (χ4v) is 2.06. The first-order valence-corrected chi connectivity index (χ1v) is 6.14. The molecule has 104 valence electrons. The van der Waals surface area contributed by atoms with Crippen molar-refractivity contribution in [3.63, 3.8) is 0 Å². The third-order valence-corrected chi connectivity index (χ3v) is 3.15. The van der Waals surface area contributed by atoms with Gasteiger partial charge in [-0.1, -0.05) is 0 Å². The van der Waals surface area contributed by atoms with Gasteiger partial charge in [-0.25, -0.2) is 4.98 Å². The van der Waals surface area contributed by atoms with Gasteiger partial charge in [-0.2, -0.15) is 4.98 Å². The second-order valence-corrected chi connectivity index (χ2v) is 4.50. The minimum Gasteiger partial charge on any atom is -0.469 e. The molecule has 1 aliphatic rings. The lowest BCUT2D eigenvalue weighted by atomic mass is 10.1. The molecule has 2 heterocycles. The van der Waals surface area contributed by atoms with Gasteiger partial charge < -0.3 is 15.0 Å². The average molecular weight is 267 g/mol. The van der Waals surface area contributed by atoms with Crippen LogP contribution in [0.15, 0.2) is 6.33 Å². The highest BCUT2D eigenvalue weighted by Crippen LogP contribution is 2.32. The summed E-state index contributed by atoms with van der Waals surface area (Å²) in [4.78, 5) is 20.5. The molecule has 0 radical (unpaired) electrons. The number of nitrogens with zero attached hydrogens (tertiary/aromatic N) is 4. The van der Waals surface area contributed by atoms with E-state index in [1.54, 1.807) is 7.05 Å². The number of hydrogen-bond acceptors (Lipinski definition) is 7. The quantitative estimate of drug-likeness (QED) is 0.639. The van der Waals surface area contributed by atoms with Gasteiger partial charge in [0.2, 0.25) is 5.82 Å². The van der Waals surface area contributed by atoms with Crippen LogP contribution in [-0.2, 0) is 0 Å². The molecule has 0 bridgehead atoms. The summed E-state index contributed by atoms with van der Waals surface area (Å²) in [5.41, 5.74) is -0.205. The molecule has 0 atom stereocenters. The standard InChI is InChI=1S/C11H17N5O3/c1-12-10-9(16(17)18)11(14-7-13-10)19-8-3-5-15(2)6-4-8/h7-8H,3-6H2,1-2H3,(H,12,13,14). The van der Waals surface area contributed by atoms with Crippen LogP contribution >= 0.6 is 0 Å². The molecule has 0 amide bonds. The van der Waals surface area contributed by atoms with Crippen molar-refractivity contribution in [2.75, 3.05) is 32.5 Å². The summed E-state index contributed by atoms with van der Waals surface area (Å²) in [5.74, 6) is 0.210. The lowest BCUT2D eigenvalue weighted by Crippen LogP contribution is -2.35. The summed E-state index contributed by atoms with van der Waals surface area (Å²) in [5, 5.41) is 13.8. The van der Waals surface area contributed by atoms with Crippen molar-refractivity contribution in [2.24, 2.45) is 0 Å². The van der Waals surface area contributed by atoms with Gasteiger partial charge >= 0.3 is 5.69 Å². The first kappa shape index (κ1) is 13.5. The molecular weight excluding hydrogens is 250 g/mol. The molecule has 19 heavy (non-hydrogen) atoms. The Morgan fingerprint density at radius 1 is 1.47 bits per heavy atom. The number of hydrogen-bond donors (Lipinski definition) is 1. The molecule has 0 saturated carbocycles. The monoisotopic (exact) mass is 267 g/mol. The molecule has 8 nitrogen and oxygen atoms in total. The van der Waals surface area contributed by atoms with Gasteiger partial charge in [0.15, 0.2) is 0 Å². The molecule has 0 unspecified atom stereocenters. The zero-order valence-corrected chi connectivity index (χ0v) is 11.0. The second kappa shape index (κ2) is 5.79. The van der Waals surface area contributed by atoms with Crippen LogP contribution in [0.5, 0.6) is 5.88 Å². The number of aromatic nitrogens is 2. The minimum atomic E-state index is -0.518. The van der Waals surface area contributed by atoms with Crippen molar-refractivity contribution < 1.29 is 9.66 Å². The molecule has 1 saturated heterocycles. The van der Waals surface area contributed by atoms with Gasteiger partial charge in [-0.15, -0.1) is 0 Å². The van der Waals surface area contributed by atoms with Gasteiger partial charge in [0, 0.05) is 20.1 Å². The number of likely N-dealkylation sites (tertiary alicyclic amines) is 1. The van der Waals surface area contributed by atoms with E-state index in [0.29, 0.717) is 0 Å². The Morgan fingerprint density at radius 2 is 2.16 bits per heavy atom. The lowest BCUT2D eigenvalue weighted by molar-refractivity contribution is -0.385. The van der Waals surface area contributed by atoms with Crippen LogP contribution in [0.2, 0.25) is 0 Å². The minimum absolute atomic E-state index is 0.0329. The van der Waals surface area contributed by atoms with E-state index in [4.69, 9.17) is 4.74 Å². The van der Waals surface area contributed by atoms with Gasteiger partial charge in [0.05, 0.1) is 4.92 Å². The van der Waals surface area contributed by atoms with E-state index in [1.807, 2.05) is 7.05 Å². The summed E-state index contributed by atoms with van der Waals surface area (Å²) in [7, 11) is 3.62. The van der Waals surface area contributed by atoms with Crippen molar-refractivity contribution in [1.82, 2.24) is 14.9 Å². The van der Waals surface area contributed by atoms with Crippen molar-refractivity contribution in [3.8, 4) is 5.88 Å². The lowest BCUT2D eigenvalue weighted by Gasteiger charge is -2.28. The Kier molecular flexibility index (Phi) is 4.10. The third kappa shape index (κ3) is 3.08. The van der Waals surface area contributed by atoms with Crippen molar-refractivity contribution in [3.05, 3.63) is 16.4 Å². The Bertz CT molecular complexity index is 460. The highest BCUT2D eigenvalue weighted by molar-refractivity contribution is 5.60. The molecule has 1 N–H and O–H groups in total. The molecule has 1 aliphatic heterocycles. The topological polar surface area (TPSA) is 93.4 Å². The van der Waals surface area contributed by atoms with Crippen molar-refractivity contribution >= 4 is 11.5 Å². The predicted octanol–water partition coefficient (Wildman–Crippen LogP) is 0.900. The zero-order chi connectivity index (χ0) is 13.8. The molecule has 0 aliphatic carbocycles. The predicted molar refractivity (Wildman–Crippen MR) is 69.4 cm³/mol. The summed E-state index contributed by atoms with van der Waals surface area (Å²) in [6.07, 6.45) is 2.91. The van der Waals surface area contributed by atoms with Crippen LogP contribution in [0.25, 0.3) is 0 Å². The smallest absolute Gasteiger partial charge is 0.372 e. The molecule has 2 rings (SSSR count). The van der Waals surface area contributed by atoms with Crippen LogP contribution in [0.4, 0.5) is 11.5 Å². The zero-order valence-electron chi connectivity index (χ0n) is 11.0. The number of piperidine rings is 1. The summed E-state index contributed by atoms with van der Waals surface area (Å²) >= 11 is 0. The van der Waals surface area contributed by atoms with E-state index in [9.17, 15) is 10.1 Å². The summed E-state index contributed by atoms with van der Waals surface area (Å²) in [6.45, 7) is 1.84. The molecule has 0 aromatic carbocycles. The molecular formula is C11H17N5O3. The Balaban J connectivity index is 2.17. The van der Waals surface area contributed by atoms with E-state index in [-0.39, 0.29) is 23.5 Å². The second-order valence-electron chi connectivity index (χ2n) is 4.50. The fraction of sp³-hybridized carbons (Fsp3) is 0.636. The first-order chi connectivity index (χ1) is 9.11. The number of nitrogens with one attached hydrogen (secondary N) is 1. The fourth-order valence-electron chi connectivity index (χ4n) is 2.06. The largest absolute Gasteiger partial charge is 0.469 e. The average Bonchev–Trinajstić information content (AvgIpc) is 2.40. The van der Waals surface area contributed by atoms with Gasteiger partial charge in [0.1, 0.15) is 12.4 Å². The van der Waals surface area contributed by atoms with E-state index in [1.165, 1.54) is 6.33 Å². The van der Waals surface area contributed by atoms with Crippen molar-refractivity contribution in [1.29, 1.82) is 0 Å². The summed E-state index contributed by atoms with van der Waals surface area (Å²) < 4.78 is 5.68. The van der Waals surface area contributed by atoms with Crippen LogP contribution in [0, 0.1) is 10.1 Å². The molecule has 8 heteroatoms. The van der Waals surface area contributed by atoms with Gasteiger partial charge in [0.25, 0.3) is 5.88 Å². The summed E-state index contributed by atoms with van der Waals surface area (Å²) in [6, 6.07) is 0. The maximum Gasteiger partial charge on any atom is 0.372 e. The number of nitro groups is 1. The normalized spacial score (nSPS) is 17.2.